The molecule has 2 unspecified atom stereocenters. The van der Waals surface area contributed by atoms with E-state index in [0.717, 1.165) is 15.7 Å². The fraction of sp³-hybridized carbons (Fsp3) is 0.562. The van der Waals surface area contributed by atoms with E-state index in [1.807, 2.05) is 45.9 Å². The molecule has 0 aliphatic heterocycles. The van der Waals surface area contributed by atoms with Crippen molar-refractivity contribution in [1.29, 1.82) is 0 Å². The van der Waals surface area contributed by atoms with Gasteiger partial charge in [-0.15, -0.1) is 12.4 Å². The standard InChI is InChI=1S/C16H23BrN2O2.ClH/c1-5-21-13-9-16(18,15(13,3)4)14(20)19-12-7-6-11(17)8-10(12)2;/h6-8,13H,5,9,18H2,1-4H3,(H,19,20);1H. The molecule has 0 bridgehead atoms. The van der Waals surface area contributed by atoms with Crippen molar-refractivity contribution in [2.45, 2.75) is 45.8 Å². The Hall–Kier alpha value is -0.620. The fourth-order valence-electron chi connectivity index (χ4n) is 2.82. The van der Waals surface area contributed by atoms with Crippen LogP contribution in [0.15, 0.2) is 22.7 Å². The van der Waals surface area contributed by atoms with Crippen LogP contribution < -0.4 is 11.1 Å². The van der Waals surface area contributed by atoms with Gasteiger partial charge in [-0.05, 0) is 37.6 Å². The lowest BCUT2D eigenvalue weighted by Gasteiger charge is -2.57. The van der Waals surface area contributed by atoms with E-state index in [-0.39, 0.29) is 29.8 Å². The zero-order valence-corrected chi connectivity index (χ0v) is 15.8. The zero-order valence-electron chi connectivity index (χ0n) is 13.4. The van der Waals surface area contributed by atoms with Crippen LogP contribution in [0.5, 0.6) is 0 Å². The van der Waals surface area contributed by atoms with Crippen LogP contribution in [0.1, 0.15) is 32.8 Å². The number of anilines is 1. The summed E-state index contributed by atoms with van der Waals surface area (Å²) in [5.41, 5.74) is 6.89. The van der Waals surface area contributed by atoms with Crippen LogP contribution in [-0.4, -0.2) is 24.2 Å². The fourth-order valence-corrected chi connectivity index (χ4v) is 3.30. The number of amides is 1. The largest absolute Gasteiger partial charge is 0.378 e. The molecule has 6 heteroatoms. The van der Waals surface area contributed by atoms with Crippen LogP contribution in [0, 0.1) is 12.3 Å². The van der Waals surface area contributed by atoms with E-state index in [4.69, 9.17) is 10.5 Å². The highest BCUT2D eigenvalue weighted by atomic mass is 79.9. The molecule has 1 saturated carbocycles. The maximum absolute atomic E-state index is 12.6. The van der Waals surface area contributed by atoms with Gasteiger partial charge in [-0.2, -0.15) is 0 Å². The molecule has 0 saturated heterocycles. The number of benzene rings is 1. The molecule has 2 rings (SSSR count). The number of rotatable bonds is 4. The molecule has 124 valence electrons. The Morgan fingerprint density at radius 3 is 2.64 bits per heavy atom. The van der Waals surface area contributed by atoms with Gasteiger partial charge in [0.1, 0.15) is 5.54 Å². The van der Waals surface area contributed by atoms with Crippen molar-refractivity contribution in [3.8, 4) is 0 Å². The molecular weight excluding hydrogens is 368 g/mol. The van der Waals surface area contributed by atoms with Gasteiger partial charge in [-0.25, -0.2) is 0 Å². The lowest BCUT2D eigenvalue weighted by atomic mass is 9.54. The number of nitrogens with one attached hydrogen (secondary N) is 1. The third-order valence-electron chi connectivity index (χ3n) is 4.67. The highest BCUT2D eigenvalue weighted by Gasteiger charge is 2.62. The Balaban J connectivity index is 0.00000242. The smallest absolute Gasteiger partial charge is 0.245 e. The van der Waals surface area contributed by atoms with Crippen molar-refractivity contribution in [3.05, 3.63) is 28.2 Å². The van der Waals surface area contributed by atoms with Crippen LogP contribution in [0.3, 0.4) is 0 Å². The number of halogens is 2. The predicted octanol–water partition coefficient (Wildman–Crippen LogP) is 3.65. The minimum atomic E-state index is -0.896. The Morgan fingerprint density at radius 1 is 1.50 bits per heavy atom. The van der Waals surface area contributed by atoms with Gasteiger partial charge in [0.25, 0.3) is 0 Å². The highest BCUT2D eigenvalue weighted by Crippen LogP contribution is 2.50. The average Bonchev–Trinajstić information content (AvgIpc) is 2.41. The summed E-state index contributed by atoms with van der Waals surface area (Å²) in [6.45, 7) is 8.53. The van der Waals surface area contributed by atoms with E-state index < -0.39 is 5.54 Å². The van der Waals surface area contributed by atoms with Gasteiger partial charge >= 0.3 is 0 Å². The van der Waals surface area contributed by atoms with Gasteiger partial charge in [0.15, 0.2) is 0 Å². The van der Waals surface area contributed by atoms with Gasteiger partial charge in [-0.1, -0.05) is 29.8 Å². The molecule has 2 atom stereocenters. The molecule has 3 N–H and O–H groups in total. The molecule has 1 amide bonds. The normalized spacial score (nSPS) is 25.8. The molecule has 1 aromatic carbocycles. The molecule has 1 aliphatic rings. The lowest BCUT2D eigenvalue weighted by molar-refractivity contribution is -0.166. The van der Waals surface area contributed by atoms with Crippen LogP contribution in [-0.2, 0) is 9.53 Å². The van der Waals surface area contributed by atoms with E-state index in [1.165, 1.54) is 0 Å². The second-order valence-electron chi connectivity index (χ2n) is 6.25. The molecule has 1 aromatic rings. The van der Waals surface area contributed by atoms with E-state index in [9.17, 15) is 4.79 Å². The Bertz CT molecular complexity index is 565. The number of nitrogens with two attached hydrogens (primary N) is 1. The molecule has 0 radical (unpaired) electrons. The van der Waals surface area contributed by atoms with Crippen LogP contribution in [0.4, 0.5) is 5.69 Å². The van der Waals surface area contributed by atoms with E-state index >= 15 is 0 Å². The van der Waals surface area contributed by atoms with Crippen LogP contribution in [0.25, 0.3) is 0 Å². The summed E-state index contributed by atoms with van der Waals surface area (Å²) in [5, 5.41) is 2.96. The predicted molar refractivity (Wildman–Crippen MR) is 95.5 cm³/mol. The summed E-state index contributed by atoms with van der Waals surface area (Å²) in [4.78, 5) is 12.6. The van der Waals surface area contributed by atoms with Crippen molar-refractivity contribution >= 4 is 39.9 Å². The number of carbonyl (C=O) groups excluding carboxylic acids is 1. The van der Waals surface area contributed by atoms with Crippen molar-refractivity contribution in [3.63, 3.8) is 0 Å². The quantitative estimate of drug-likeness (QED) is 0.823. The third-order valence-corrected chi connectivity index (χ3v) is 5.17. The third kappa shape index (κ3) is 3.18. The lowest BCUT2D eigenvalue weighted by Crippen LogP contribution is -2.74. The summed E-state index contributed by atoms with van der Waals surface area (Å²) in [5.74, 6) is -0.145. The first-order valence-corrected chi connectivity index (χ1v) is 7.99. The second-order valence-corrected chi connectivity index (χ2v) is 7.17. The molecule has 0 aromatic heterocycles. The Morgan fingerprint density at radius 2 is 2.14 bits per heavy atom. The molecule has 0 spiro atoms. The summed E-state index contributed by atoms with van der Waals surface area (Å²) >= 11 is 3.42. The van der Waals surface area contributed by atoms with Gasteiger partial charge < -0.3 is 15.8 Å². The number of hydrogen-bond donors (Lipinski definition) is 2. The first-order chi connectivity index (χ1) is 9.72. The van der Waals surface area contributed by atoms with Gasteiger partial charge in [0.2, 0.25) is 5.91 Å². The second kappa shape index (κ2) is 6.87. The van der Waals surface area contributed by atoms with Crippen molar-refractivity contribution < 1.29 is 9.53 Å². The minimum Gasteiger partial charge on any atom is -0.378 e. The van der Waals surface area contributed by atoms with Crippen LogP contribution >= 0.6 is 28.3 Å². The Labute approximate surface area is 146 Å². The molecule has 22 heavy (non-hydrogen) atoms. The van der Waals surface area contributed by atoms with Gasteiger partial charge in [0, 0.05) is 28.6 Å². The summed E-state index contributed by atoms with van der Waals surface area (Å²) < 4.78 is 6.65. The van der Waals surface area contributed by atoms with Crippen molar-refractivity contribution in [2.24, 2.45) is 11.1 Å². The summed E-state index contributed by atoms with van der Waals surface area (Å²) in [6, 6.07) is 5.75. The van der Waals surface area contributed by atoms with Crippen molar-refractivity contribution in [1.82, 2.24) is 0 Å². The van der Waals surface area contributed by atoms with Crippen molar-refractivity contribution in [2.75, 3.05) is 11.9 Å². The maximum atomic E-state index is 12.6. The summed E-state index contributed by atoms with van der Waals surface area (Å²) in [7, 11) is 0. The van der Waals surface area contributed by atoms with Gasteiger partial charge in [0.05, 0.1) is 6.10 Å². The minimum absolute atomic E-state index is 0. The first kappa shape index (κ1) is 19.4. The topological polar surface area (TPSA) is 64.3 Å². The molecule has 1 fully saturated rings. The van der Waals surface area contributed by atoms with E-state index in [1.54, 1.807) is 0 Å². The maximum Gasteiger partial charge on any atom is 0.245 e. The average molecular weight is 392 g/mol. The first-order valence-electron chi connectivity index (χ1n) is 7.20. The van der Waals surface area contributed by atoms with E-state index in [0.29, 0.717) is 13.0 Å². The summed E-state index contributed by atoms with van der Waals surface area (Å²) in [6.07, 6.45) is 0.583. The molecule has 0 heterocycles. The van der Waals surface area contributed by atoms with Gasteiger partial charge in [-0.3, -0.25) is 4.79 Å². The zero-order chi connectivity index (χ0) is 15.8. The number of ether oxygens (including phenoxy) is 1. The number of carbonyl (C=O) groups is 1. The van der Waals surface area contributed by atoms with Crippen LogP contribution in [0.2, 0.25) is 0 Å². The SMILES string of the molecule is CCOC1CC(N)(C(=O)Nc2ccc(Br)cc2C)C1(C)C.Cl. The molecule has 1 aliphatic carbocycles. The molecular formula is C16H24BrClN2O2. The molecule has 4 nitrogen and oxygen atoms in total. The van der Waals surface area contributed by atoms with E-state index in [2.05, 4.69) is 21.2 Å². The Kier molecular flexibility index (Phi) is 6.07. The number of hydrogen-bond acceptors (Lipinski definition) is 3. The monoisotopic (exact) mass is 390 g/mol. The number of aryl methyl sites for hydroxylation is 1. The highest BCUT2D eigenvalue weighted by molar-refractivity contribution is 9.10.